The minimum absolute atomic E-state index is 0.00688. The van der Waals surface area contributed by atoms with Crippen molar-refractivity contribution in [3.8, 4) is 0 Å². The molecule has 2 aromatic rings. The number of carbonyl (C=O) groups is 1. The predicted octanol–water partition coefficient (Wildman–Crippen LogP) is 4.35. The van der Waals surface area contributed by atoms with Gasteiger partial charge in [-0.05, 0) is 52.9 Å². The molecular weight excluding hydrogens is 390 g/mol. The molecule has 1 aromatic heterocycles. The highest BCUT2D eigenvalue weighted by Crippen LogP contribution is 2.27. The lowest BCUT2D eigenvalue weighted by molar-refractivity contribution is -0.121. The lowest BCUT2D eigenvalue weighted by Crippen LogP contribution is -2.31. The average molecular weight is 412 g/mol. The number of hydrogen-bond acceptors (Lipinski definition) is 4. The van der Waals surface area contributed by atoms with E-state index in [0.29, 0.717) is 5.02 Å². The van der Waals surface area contributed by atoms with Gasteiger partial charge in [0.2, 0.25) is 5.91 Å². The highest BCUT2D eigenvalue weighted by Gasteiger charge is 2.29. The zero-order valence-corrected chi connectivity index (χ0v) is 16.7. The lowest BCUT2D eigenvalue weighted by Gasteiger charge is -2.19. The summed E-state index contributed by atoms with van der Waals surface area (Å²) in [6.07, 6.45) is 3.38. The molecule has 3 rings (SSSR count). The molecule has 0 radical (unpaired) electrons. The smallest absolute Gasteiger partial charge is 0.221 e. The fraction of sp³-hybridized carbons (Fsp3) is 0.421. The molecule has 1 N–H and O–H groups in total. The summed E-state index contributed by atoms with van der Waals surface area (Å²) in [7, 11) is -3.19. The normalized spacial score (nSPS) is 16.5. The third-order valence-corrected chi connectivity index (χ3v) is 8.02. The van der Waals surface area contributed by atoms with E-state index in [1.807, 2.05) is 29.0 Å². The zero-order chi connectivity index (χ0) is 18.6. The number of rotatable bonds is 7. The van der Waals surface area contributed by atoms with Crippen LogP contribution in [0.2, 0.25) is 5.02 Å². The molecule has 1 atom stereocenters. The predicted molar refractivity (Wildman–Crippen MR) is 106 cm³/mol. The molecule has 0 saturated heterocycles. The number of carbonyl (C=O) groups excluding carboxylic acids is 1. The first-order valence-electron chi connectivity index (χ1n) is 8.74. The van der Waals surface area contributed by atoms with E-state index >= 15 is 0 Å². The van der Waals surface area contributed by atoms with Crippen LogP contribution in [0.5, 0.6) is 0 Å². The Morgan fingerprint density at radius 3 is 2.46 bits per heavy atom. The van der Waals surface area contributed by atoms with Crippen molar-refractivity contribution >= 4 is 38.7 Å². The summed E-state index contributed by atoms with van der Waals surface area (Å²) in [6.45, 7) is 0. The number of nitrogens with one attached hydrogen (secondary N) is 1. The van der Waals surface area contributed by atoms with E-state index in [-0.39, 0.29) is 29.4 Å². The number of thiophene rings is 1. The second-order valence-electron chi connectivity index (χ2n) is 6.63. The fourth-order valence-electron chi connectivity index (χ4n) is 3.34. The van der Waals surface area contributed by atoms with Gasteiger partial charge in [-0.2, -0.15) is 11.3 Å². The molecule has 1 unspecified atom stereocenters. The van der Waals surface area contributed by atoms with Crippen LogP contribution >= 0.6 is 22.9 Å². The van der Waals surface area contributed by atoms with Crippen molar-refractivity contribution in [2.24, 2.45) is 0 Å². The van der Waals surface area contributed by atoms with Gasteiger partial charge in [-0.15, -0.1) is 0 Å². The first kappa shape index (κ1) is 19.4. The largest absolute Gasteiger partial charge is 0.345 e. The first-order chi connectivity index (χ1) is 12.5. The summed E-state index contributed by atoms with van der Waals surface area (Å²) < 4.78 is 24.7. The van der Waals surface area contributed by atoms with Gasteiger partial charge in [0, 0.05) is 11.4 Å². The fourth-order valence-corrected chi connectivity index (χ4v) is 6.00. The van der Waals surface area contributed by atoms with Crippen LogP contribution < -0.4 is 5.32 Å². The molecule has 1 saturated carbocycles. The van der Waals surface area contributed by atoms with Crippen LogP contribution in [0, 0.1) is 0 Å². The highest BCUT2D eigenvalue weighted by atomic mass is 35.5. The number of halogens is 1. The van der Waals surface area contributed by atoms with Gasteiger partial charge in [0.15, 0.2) is 9.84 Å². The Balaban J connectivity index is 1.67. The Morgan fingerprint density at radius 2 is 1.85 bits per heavy atom. The van der Waals surface area contributed by atoms with E-state index in [4.69, 9.17) is 11.6 Å². The molecule has 1 aliphatic carbocycles. The van der Waals surface area contributed by atoms with E-state index in [0.717, 1.165) is 36.8 Å². The SMILES string of the molecule is O=C(CCS(=O)(=O)C1CCCC1)NC(c1ccc(Cl)cc1)c1ccsc1. The number of amides is 1. The molecule has 26 heavy (non-hydrogen) atoms. The van der Waals surface area contributed by atoms with Crippen molar-refractivity contribution in [1.82, 2.24) is 5.32 Å². The highest BCUT2D eigenvalue weighted by molar-refractivity contribution is 7.92. The first-order valence-corrected chi connectivity index (χ1v) is 11.8. The summed E-state index contributed by atoms with van der Waals surface area (Å²) in [6, 6.07) is 8.97. The summed E-state index contributed by atoms with van der Waals surface area (Å²) in [5.74, 6) is -0.335. The maximum absolute atomic E-state index is 12.5. The van der Waals surface area contributed by atoms with Crippen molar-refractivity contribution in [2.45, 2.75) is 43.4 Å². The third-order valence-electron chi connectivity index (χ3n) is 4.81. The van der Waals surface area contributed by atoms with Crippen LogP contribution in [-0.2, 0) is 14.6 Å². The van der Waals surface area contributed by atoms with Gasteiger partial charge in [-0.3, -0.25) is 4.79 Å². The summed E-state index contributed by atoms with van der Waals surface area (Å²) in [5, 5.41) is 7.28. The Morgan fingerprint density at radius 1 is 1.15 bits per heavy atom. The van der Waals surface area contributed by atoms with Gasteiger partial charge in [0.05, 0.1) is 17.0 Å². The molecule has 0 spiro atoms. The van der Waals surface area contributed by atoms with Crippen LogP contribution in [-0.4, -0.2) is 25.3 Å². The molecule has 1 aromatic carbocycles. The molecule has 7 heteroatoms. The summed E-state index contributed by atoms with van der Waals surface area (Å²) in [4.78, 5) is 12.5. The second kappa shape index (κ2) is 8.55. The quantitative estimate of drug-likeness (QED) is 0.736. The Labute approximate surface area is 163 Å². The monoisotopic (exact) mass is 411 g/mol. The molecule has 140 valence electrons. The van der Waals surface area contributed by atoms with E-state index in [2.05, 4.69) is 5.32 Å². The van der Waals surface area contributed by atoms with Crippen molar-refractivity contribution in [3.05, 3.63) is 57.2 Å². The molecule has 1 fully saturated rings. The van der Waals surface area contributed by atoms with Crippen LogP contribution in [0.15, 0.2) is 41.1 Å². The molecule has 0 bridgehead atoms. The molecule has 1 heterocycles. The second-order valence-corrected chi connectivity index (χ2v) is 10.2. The Kier molecular flexibility index (Phi) is 6.37. The van der Waals surface area contributed by atoms with Gasteiger partial charge in [0.25, 0.3) is 0 Å². The summed E-state index contributed by atoms with van der Waals surface area (Å²) >= 11 is 7.51. The minimum Gasteiger partial charge on any atom is -0.345 e. The standard InChI is InChI=1S/C19H22ClNO3S2/c20-16-7-5-14(6-8-16)19(15-9-11-25-13-15)21-18(22)10-12-26(23,24)17-3-1-2-4-17/h5-9,11,13,17,19H,1-4,10,12H2,(H,21,22). The van der Waals surface area contributed by atoms with E-state index in [1.165, 1.54) is 0 Å². The van der Waals surface area contributed by atoms with Gasteiger partial charge >= 0.3 is 0 Å². The van der Waals surface area contributed by atoms with Crippen molar-refractivity contribution < 1.29 is 13.2 Å². The van der Waals surface area contributed by atoms with Gasteiger partial charge < -0.3 is 5.32 Å². The van der Waals surface area contributed by atoms with E-state index in [1.54, 1.807) is 23.5 Å². The zero-order valence-electron chi connectivity index (χ0n) is 14.4. The van der Waals surface area contributed by atoms with Crippen LogP contribution in [0.4, 0.5) is 0 Å². The Bertz CT molecular complexity index is 826. The maximum Gasteiger partial charge on any atom is 0.221 e. The molecule has 4 nitrogen and oxygen atoms in total. The molecule has 0 aliphatic heterocycles. The van der Waals surface area contributed by atoms with Crippen molar-refractivity contribution in [2.75, 3.05) is 5.75 Å². The number of benzene rings is 1. The van der Waals surface area contributed by atoms with E-state index in [9.17, 15) is 13.2 Å². The van der Waals surface area contributed by atoms with Crippen LogP contribution in [0.25, 0.3) is 0 Å². The number of hydrogen-bond donors (Lipinski definition) is 1. The van der Waals surface area contributed by atoms with Gasteiger partial charge in [0.1, 0.15) is 0 Å². The third kappa shape index (κ3) is 4.87. The van der Waals surface area contributed by atoms with E-state index < -0.39 is 9.84 Å². The summed E-state index contributed by atoms with van der Waals surface area (Å²) in [5.41, 5.74) is 1.89. The number of sulfone groups is 1. The minimum atomic E-state index is -3.19. The Hall–Kier alpha value is -1.37. The van der Waals surface area contributed by atoms with Crippen molar-refractivity contribution in [1.29, 1.82) is 0 Å². The maximum atomic E-state index is 12.5. The molecule has 1 amide bonds. The topological polar surface area (TPSA) is 63.2 Å². The van der Waals surface area contributed by atoms with Gasteiger partial charge in [-0.25, -0.2) is 8.42 Å². The molecule has 1 aliphatic rings. The van der Waals surface area contributed by atoms with Gasteiger partial charge in [-0.1, -0.05) is 36.6 Å². The van der Waals surface area contributed by atoms with Crippen LogP contribution in [0.1, 0.15) is 49.3 Å². The molecular formula is C19H22ClNO3S2. The lowest BCUT2D eigenvalue weighted by atomic mass is 10.0. The van der Waals surface area contributed by atoms with Crippen LogP contribution in [0.3, 0.4) is 0 Å². The van der Waals surface area contributed by atoms with Crippen molar-refractivity contribution in [3.63, 3.8) is 0 Å². The average Bonchev–Trinajstić information content (AvgIpc) is 3.32.